The summed E-state index contributed by atoms with van der Waals surface area (Å²) < 4.78 is 18.1. The molecule has 0 unspecified atom stereocenters. The van der Waals surface area contributed by atoms with Crippen LogP contribution in [0.15, 0.2) is 102 Å². The first-order valence-electron chi connectivity index (χ1n) is 19.2. The number of hydrogen-bond donors (Lipinski definition) is 2. The molecule has 2 amide bonds. The van der Waals surface area contributed by atoms with E-state index in [4.69, 9.17) is 14.2 Å². The van der Waals surface area contributed by atoms with Gasteiger partial charge in [0, 0.05) is 28.7 Å². The van der Waals surface area contributed by atoms with Gasteiger partial charge in [0.2, 0.25) is 11.2 Å². The average Bonchev–Trinajstić information content (AvgIpc) is 3.82. The van der Waals surface area contributed by atoms with Gasteiger partial charge in [-0.05, 0) is 101 Å². The number of rotatable bonds is 15. The van der Waals surface area contributed by atoms with Crippen LogP contribution in [0.1, 0.15) is 82.0 Å². The van der Waals surface area contributed by atoms with Crippen molar-refractivity contribution >= 4 is 62.4 Å². The molecule has 0 aliphatic heterocycles. The summed E-state index contributed by atoms with van der Waals surface area (Å²) in [7, 11) is 0. The molecule has 0 radical (unpaired) electrons. The molecule has 0 fully saturated rings. The fraction of sp³-hybridized carbons (Fsp3) is 0.261. The van der Waals surface area contributed by atoms with Crippen LogP contribution in [0.3, 0.4) is 0 Å². The third-order valence-corrected chi connectivity index (χ3v) is 12.3. The first-order valence-corrected chi connectivity index (χ1v) is 21.6. The van der Waals surface area contributed by atoms with Crippen LogP contribution >= 0.6 is 38.6 Å². The van der Waals surface area contributed by atoms with Crippen LogP contribution in [0.4, 0.5) is 0 Å². The second-order valence-electron chi connectivity index (χ2n) is 15.0. The minimum atomic E-state index is -1.52. The van der Waals surface area contributed by atoms with Gasteiger partial charge in [-0.25, -0.2) is 19.6 Å². The summed E-state index contributed by atoms with van der Waals surface area (Å²) in [6, 6.07) is 29.8. The number of aromatic nitrogens is 2. The molecular formula is C46H45BrN4O7S2. The molecule has 2 aromatic heterocycles. The number of hydrogen-bond acceptors (Lipinski definition) is 11. The molecule has 4 aromatic carbocycles. The van der Waals surface area contributed by atoms with E-state index < -0.39 is 23.1 Å². The van der Waals surface area contributed by atoms with Gasteiger partial charge in [-0.1, -0.05) is 83.5 Å². The van der Waals surface area contributed by atoms with Gasteiger partial charge in [0.25, 0.3) is 11.8 Å². The zero-order chi connectivity index (χ0) is 43.2. The van der Waals surface area contributed by atoms with Crippen molar-refractivity contribution in [2.24, 2.45) is 0 Å². The maximum atomic E-state index is 13.2. The van der Waals surface area contributed by atoms with E-state index in [1.807, 2.05) is 50.2 Å². The van der Waals surface area contributed by atoms with Gasteiger partial charge < -0.3 is 24.8 Å². The number of halogens is 1. The summed E-state index contributed by atoms with van der Waals surface area (Å²) in [5.41, 5.74) is 3.05. The second-order valence-corrected chi connectivity index (χ2v) is 17.9. The van der Waals surface area contributed by atoms with Crippen LogP contribution in [-0.2, 0) is 33.8 Å². The number of amides is 2. The molecular weight excluding hydrogens is 865 g/mol. The van der Waals surface area contributed by atoms with Crippen LogP contribution in [0.25, 0.3) is 21.1 Å². The first-order chi connectivity index (χ1) is 28.5. The molecule has 0 bridgehead atoms. The monoisotopic (exact) mass is 908 g/mol. The van der Waals surface area contributed by atoms with Crippen LogP contribution in [0.2, 0.25) is 0 Å². The van der Waals surface area contributed by atoms with Crippen molar-refractivity contribution < 1.29 is 33.4 Å². The molecule has 14 heteroatoms. The fourth-order valence-corrected chi connectivity index (χ4v) is 8.06. The number of ether oxygens (including phenoxy) is 3. The highest BCUT2D eigenvalue weighted by Crippen LogP contribution is 2.31. The summed E-state index contributed by atoms with van der Waals surface area (Å²) in [4.78, 5) is 62.7. The van der Waals surface area contributed by atoms with E-state index in [2.05, 4.69) is 55.6 Å². The molecule has 0 saturated carbocycles. The van der Waals surface area contributed by atoms with Gasteiger partial charge in [0.1, 0.15) is 31.3 Å². The fourth-order valence-electron chi connectivity index (χ4n) is 5.82. The van der Waals surface area contributed by atoms with Gasteiger partial charge in [0.15, 0.2) is 0 Å². The van der Waals surface area contributed by atoms with Gasteiger partial charge >= 0.3 is 11.9 Å². The number of nitrogens with zero attached hydrogens (tertiary/aromatic N) is 2. The normalized spacial score (nSPS) is 11.5. The van der Waals surface area contributed by atoms with E-state index in [0.717, 1.165) is 43.2 Å². The van der Waals surface area contributed by atoms with Crippen LogP contribution in [0, 0.1) is 13.8 Å². The zero-order valence-corrected chi connectivity index (χ0v) is 37.5. The summed E-state index contributed by atoms with van der Waals surface area (Å²) in [5.74, 6) is -1.49. The molecule has 2 N–H and O–H groups in total. The Morgan fingerprint density at radius 3 is 1.33 bits per heavy atom. The predicted octanol–water partition coefficient (Wildman–Crippen LogP) is 9.82. The second kappa shape index (κ2) is 18.7. The maximum absolute atomic E-state index is 13.2. The topological polar surface area (TPSA) is 146 Å². The number of nitrogens with one attached hydrogen (secondary N) is 2. The third-order valence-electron chi connectivity index (χ3n) is 9.37. The number of carbonyl (C=O) groups is 4. The van der Waals surface area contributed by atoms with Gasteiger partial charge in [0.05, 0.1) is 11.4 Å². The Labute approximate surface area is 365 Å². The number of thiazole rings is 2. The van der Waals surface area contributed by atoms with Crippen molar-refractivity contribution in [2.75, 3.05) is 0 Å². The highest BCUT2D eigenvalue weighted by Gasteiger charge is 2.40. The van der Waals surface area contributed by atoms with Gasteiger partial charge in [-0.15, -0.1) is 22.7 Å². The van der Waals surface area contributed by atoms with Crippen LogP contribution in [0.5, 0.6) is 11.5 Å². The minimum absolute atomic E-state index is 0.213. The van der Waals surface area contributed by atoms with Crippen molar-refractivity contribution in [3.05, 3.63) is 139 Å². The molecule has 6 aromatic rings. The Bertz CT molecular complexity index is 2490. The smallest absolute Gasteiger partial charge is 0.357 e. The van der Waals surface area contributed by atoms with Gasteiger partial charge in [-0.3, -0.25) is 9.59 Å². The lowest BCUT2D eigenvalue weighted by molar-refractivity contribution is -0.178. The Hall–Kier alpha value is -5.70. The molecule has 60 heavy (non-hydrogen) atoms. The third kappa shape index (κ3) is 10.9. The lowest BCUT2D eigenvalue weighted by Crippen LogP contribution is -2.46. The van der Waals surface area contributed by atoms with E-state index in [-0.39, 0.29) is 24.9 Å². The van der Waals surface area contributed by atoms with Crippen molar-refractivity contribution in [1.29, 1.82) is 0 Å². The average molecular weight is 910 g/mol. The molecule has 310 valence electrons. The van der Waals surface area contributed by atoms with E-state index in [1.54, 1.807) is 48.5 Å². The Morgan fingerprint density at radius 2 is 0.950 bits per heavy atom. The Balaban J connectivity index is 0.958. The van der Waals surface area contributed by atoms with Crippen molar-refractivity contribution in [3.63, 3.8) is 0 Å². The maximum Gasteiger partial charge on any atom is 0.357 e. The molecule has 6 rings (SSSR count). The molecule has 0 aliphatic rings. The van der Waals surface area contributed by atoms with Gasteiger partial charge in [-0.2, -0.15) is 0 Å². The first kappa shape index (κ1) is 43.9. The standard InChI is InChI=1S/C46H45BrN4O7S2/c1-8-29-9-15-32(16-10-29)41-50-27(2)37(59-41)39(52)48-25-30-11-21-35(22-12-30)57-45(4,5)43(54)56-44(55)46(6,7)58-36-23-13-31(14-24-36)26-49-40(53)38-28(3)51-42(60-38)33-17-19-34(47)20-18-33/h9-24H,8,25-26H2,1-7H3,(H,48,52)(H,49,53). The van der Waals surface area contributed by atoms with E-state index >= 15 is 0 Å². The minimum Gasteiger partial charge on any atom is -0.476 e. The number of aryl methyl sites for hydroxylation is 3. The Morgan fingerprint density at radius 1 is 0.583 bits per heavy atom. The van der Waals surface area contributed by atoms with E-state index in [9.17, 15) is 19.2 Å². The molecule has 11 nitrogen and oxygen atoms in total. The SMILES string of the molecule is CCc1ccc(-c2nc(C)c(C(=O)NCc3ccc(OC(C)(C)C(=O)OC(=O)C(C)(C)Oc4ccc(CNC(=O)c5sc(-c6ccc(Br)cc6)nc5C)cc4)cc3)s2)cc1. The molecule has 2 heterocycles. The lowest BCUT2D eigenvalue weighted by Gasteiger charge is -2.27. The number of benzene rings is 4. The number of esters is 2. The van der Waals surface area contributed by atoms with Crippen molar-refractivity contribution in [2.45, 2.75) is 79.2 Å². The van der Waals surface area contributed by atoms with Crippen molar-refractivity contribution in [3.8, 4) is 32.6 Å². The molecule has 0 spiro atoms. The molecule has 0 atom stereocenters. The predicted molar refractivity (Wildman–Crippen MR) is 237 cm³/mol. The van der Waals surface area contributed by atoms with Crippen LogP contribution < -0.4 is 20.1 Å². The number of carbonyl (C=O) groups excluding carboxylic acids is 4. The summed E-state index contributed by atoms with van der Waals surface area (Å²) in [6.45, 7) is 12.3. The summed E-state index contributed by atoms with van der Waals surface area (Å²) in [6.07, 6.45) is 0.953. The lowest BCUT2D eigenvalue weighted by atomic mass is 10.1. The van der Waals surface area contributed by atoms with Crippen molar-refractivity contribution in [1.82, 2.24) is 20.6 Å². The van der Waals surface area contributed by atoms with E-state index in [0.29, 0.717) is 32.6 Å². The zero-order valence-electron chi connectivity index (χ0n) is 34.3. The molecule has 0 saturated heterocycles. The van der Waals surface area contributed by atoms with Crippen LogP contribution in [-0.4, -0.2) is 44.9 Å². The summed E-state index contributed by atoms with van der Waals surface area (Å²) in [5, 5.41) is 7.45. The highest BCUT2D eigenvalue weighted by molar-refractivity contribution is 9.10. The largest absolute Gasteiger partial charge is 0.476 e. The summed E-state index contributed by atoms with van der Waals surface area (Å²) >= 11 is 6.13. The quantitative estimate of drug-likeness (QED) is 0.0760. The molecule has 0 aliphatic carbocycles. The highest BCUT2D eigenvalue weighted by atomic mass is 79.9. The Kier molecular flexibility index (Phi) is 13.7. The van der Waals surface area contributed by atoms with E-state index in [1.165, 1.54) is 55.9 Å².